The summed E-state index contributed by atoms with van der Waals surface area (Å²) < 4.78 is 0. The summed E-state index contributed by atoms with van der Waals surface area (Å²) in [5, 5.41) is 9.65. The standard InChI is InChI=1S/C18H28N2O/c1-20(12-16-11-14-6-7-15(16)10-14)17(21)18(13-19)8-4-2-3-5-9-18/h14-16H,2-12H2,1H3. The van der Waals surface area contributed by atoms with Gasteiger partial charge < -0.3 is 4.90 Å². The first-order chi connectivity index (χ1) is 10.1. The first-order valence-corrected chi connectivity index (χ1v) is 8.81. The molecule has 3 aliphatic carbocycles. The third-order valence-electron chi connectivity index (χ3n) is 6.32. The van der Waals surface area contributed by atoms with Crippen LogP contribution in [0.4, 0.5) is 0 Å². The third-order valence-corrected chi connectivity index (χ3v) is 6.32. The van der Waals surface area contributed by atoms with Crippen LogP contribution < -0.4 is 0 Å². The van der Waals surface area contributed by atoms with Crippen LogP contribution in [0.25, 0.3) is 0 Å². The molecule has 116 valence electrons. The van der Waals surface area contributed by atoms with E-state index in [2.05, 4.69) is 6.07 Å². The van der Waals surface area contributed by atoms with E-state index in [1.165, 1.54) is 38.5 Å². The van der Waals surface area contributed by atoms with Crippen molar-refractivity contribution in [3.8, 4) is 6.07 Å². The normalized spacial score (nSPS) is 34.2. The Kier molecular flexibility index (Phi) is 4.24. The van der Waals surface area contributed by atoms with Gasteiger partial charge in [-0.3, -0.25) is 4.79 Å². The summed E-state index contributed by atoms with van der Waals surface area (Å²) >= 11 is 0. The van der Waals surface area contributed by atoms with Crippen LogP contribution in [-0.2, 0) is 4.79 Å². The van der Waals surface area contributed by atoms with Crippen molar-refractivity contribution in [3.05, 3.63) is 0 Å². The Morgan fingerprint density at radius 1 is 1.19 bits per heavy atom. The lowest BCUT2D eigenvalue weighted by Crippen LogP contribution is -2.43. The summed E-state index contributed by atoms with van der Waals surface area (Å²) in [6.45, 7) is 0.878. The molecule has 1 amide bonds. The van der Waals surface area contributed by atoms with Gasteiger partial charge >= 0.3 is 0 Å². The summed E-state index contributed by atoms with van der Waals surface area (Å²) in [6.07, 6.45) is 11.4. The Morgan fingerprint density at radius 2 is 1.90 bits per heavy atom. The van der Waals surface area contributed by atoms with Crippen LogP contribution in [0.15, 0.2) is 0 Å². The highest BCUT2D eigenvalue weighted by Gasteiger charge is 2.44. The van der Waals surface area contributed by atoms with Gasteiger partial charge in [-0.15, -0.1) is 0 Å². The minimum atomic E-state index is -0.719. The number of hydrogen-bond acceptors (Lipinski definition) is 2. The molecule has 3 heteroatoms. The summed E-state index contributed by atoms with van der Waals surface area (Å²) in [7, 11) is 1.93. The van der Waals surface area contributed by atoms with Gasteiger partial charge in [0.2, 0.25) is 5.91 Å². The summed E-state index contributed by atoms with van der Waals surface area (Å²) in [6, 6.07) is 2.41. The van der Waals surface area contributed by atoms with E-state index in [0.717, 1.165) is 44.1 Å². The third kappa shape index (κ3) is 2.82. The van der Waals surface area contributed by atoms with Crippen LogP contribution >= 0.6 is 0 Å². The molecule has 0 aromatic heterocycles. The lowest BCUT2D eigenvalue weighted by atomic mass is 9.80. The fourth-order valence-electron chi connectivity index (χ4n) is 5.11. The number of carbonyl (C=O) groups excluding carboxylic acids is 1. The molecule has 3 fully saturated rings. The van der Waals surface area contributed by atoms with Gasteiger partial charge in [-0.25, -0.2) is 0 Å². The Hall–Kier alpha value is -1.04. The van der Waals surface area contributed by atoms with Crippen molar-refractivity contribution in [2.75, 3.05) is 13.6 Å². The second-order valence-corrected chi connectivity index (χ2v) is 7.73. The summed E-state index contributed by atoms with van der Waals surface area (Å²) in [4.78, 5) is 14.8. The van der Waals surface area contributed by atoms with Crippen molar-refractivity contribution in [2.24, 2.45) is 23.2 Å². The maximum Gasteiger partial charge on any atom is 0.242 e. The zero-order chi connectivity index (χ0) is 14.9. The Bertz CT molecular complexity index is 431. The molecule has 0 N–H and O–H groups in total. The molecule has 3 atom stereocenters. The monoisotopic (exact) mass is 288 g/mol. The molecule has 3 aliphatic rings. The summed E-state index contributed by atoms with van der Waals surface area (Å²) in [5.74, 6) is 2.57. The highest BCUT2D eigenvalue weighted by molar-refractivity contribution is 5.85. The molecule has 0 saturated heterocycles. The number of hydrogen-bond donors (Lipinski definition) is 0. The number of fused-ring (bicyclic) bond motifs is 2. The summed E-state index contributed by atoms with van der Waals surface area (Å²) in [5.41, 5.74) is -0.719. The Labute approximate surface area is 128 Å². The van der Waals surface area contributed by atoms with Crippen LogP contribution in [0.3, 0.4) is 0 Å². The van der Waals surface area contributed by atoms with Crippen molar-refractivity contribution < 1.29 is 4.79 Å². The minimum absolute atomic E-state index is 0.106. The molecule has 21 heavy (non-hydrogen) atoms. The van der Waals surface area contributed by atoms with Crippen molar-refractivity contribution in [1.29, 1.82) is 5.26 Å². The predicted molar refractivity (Wildman–Crippen MR) is 82.3 cm³/mol. The van der Waals surface area contributed by atoms with E-state index in [0.29, 0.717) is 5.92 Å². The van der Waals surface area contributed by atoms with Crippen LogP contribution in [0.5, 0.6) is 0 Å². The highest BCUT2D eigenvalue weighted by atomic mass is 16.2. The molecule has 0 aromatic rings. The van der Waals surface area contributed by atoms with Gasteiger partial charge in [0.15, 0.2) is 0 Å². The topological polar surface area (TPSA) is 44.1 Å². The van der Waals surface area contributed by atoms with E-state index in [9.17, 15) is 10.1 Å². The molecule has 2 bridgehead atoms. The van der Waals surface area contributed by atoms with E-state index in [-0.39, 0.29) is 5.91 Å². The van der Waals surface area contributed by atoms with Gasteiger partial charge in [0, 0.05) is 13.6 Å². The van der Waals surface area contributed by atoms with Gasteiger partial charge in [-0.2, -0.15) is 5.26 Å². The number of amides is 1. The molecule has 0 spiro atoms. The van der Waals surface area contributed by atoms with E-state index in [1.54, 1.807) is 0 Å². The zero-order valence-corrected chi connectivity index (χ0v) is 13.3. The Morgan fingerprint density at radius 3 is 2.43 bits per heavy atom. The second kappa shape index (κ2) is 5.99. The molecule has 3 unspecified atom stereocenters. The van der Waals surface area contributed by atoms with Gasteiger partial charge in [0.05, 0.1) is 6.07 Å². The Balaban J connectivity index is 1.64. The number of rotatable bonds is 3. The van der Waals surface area contributed by atoms with Crippen LogP contribution in [-0.4, -0.2) is 24.4 Å². The van der Waals surface area contributed by atoms with Crippen LogP contribution in [0, 0.1) is 34.5 Å². The quantitative estimate of drug-likeness (QED) is 0.742. The molecular formula is C18H28N2O. The van der Waals surface area contributed by atoms with Gasteiger partial charge in [-0.05, 0) is 49.9 Å². The maximum absolute atomic E-state index is 12.9. The smallest absolute Gasteiger partial charge is 0.242 e. The van der Waals surface area contributed by atoms with Crippen molar-refractivity contribution >= 4 is 5.91 Å². The van der Waals surface area contributed by atoms with E-state index in [4.69, 9.17) is 0 Å². The van der Waals surface area contributed by atoms with Gasteiger partial charge in [0.1, 0.15) is 5.41 Å². The predicted octanol–water partition coefficient (Wildman–Crippen LogP) is 3.75. The molecule has 0 aliphatic heterocycles. The van der Waals surface area contributed by atoms with E-state index < -0.39 is 5.41 Å². The van der Waals surface area contributed by atoms with Crippen molar-refractivity contribution in [3.63, 3.8) is 0 Å². The molecule has 0 heterocycles. The second-order valence-electron chi connectivity index (χ2n) is 7.73. The largest absolute Gasteiger partial charge is 0.344 e. The fraction of sp³-hybridized carbons (Fsp3) is 0.889. The first kappa shape index (κ1) is 14.9. The molecular weight excluding hydrogens is 260 g/mol. The average Bonchev–Trinajstić information content (AvgIpc) is 3.02. The maximum atomic E-state index is 12.9. The molecule has 3 saturated carbocycles. The molecule has 0 radical (unpaired) electrons. The highest BCUT2D eigenvalue weighted by Crippen LogP contribution is 2.48. The van der Waals surface area contributed by atoms with Crippen molar-refractivity contribution in [1.82, 2.24) is 4.90 Å². The lowest BCUT2D eigenvalue weighted by molar-refractivity contribution is -0.139. The van der Waals surface area contributed by atoms with Crippen LogP contribution in [0.2, 0.25) is 0 Å². The SMILES string of the molecule is CN(CC1CC2CCC1C2)C(=O)C1(C#N)CCCCCC1. The average molecular weight is 288 g/mol. The lowest BCUT2D eigenvalue weighted by Gasteiger charge is -2.33. The first-order valence-electron chi connectivity index (χ1n) is 8.81. The fourth-order valence-corrected chi connectivity index (χ4v) is 5.11. The molecule has 3 nitrogen and oxygen atoms in total. The molecule has 0 aromatic carbocycles. The van der Waals surface area contributed by atoms with Crippen LogP contribution in [0.1, 0.15) is 64.2 Å². The number of nitriles is 1. The zero-order valence-electron chi connectivity index (χ0n) is 13.3. The van der Waals surface area contributed by atoms with Crippen molar-refractivity contribution in [2.45, 2.75) is 64.2 Å². The number of nitrogens with zero attached hydrogens (tertiary/aromatic N) is 2. The molecule has 3 rings (SSSR count). The van der Waals surface area contributed by atoms with Gasteiger partial charge in [-0.1, -0.05) is 32.1 Å². The number of carbonyl (C=O) groups is 1. The minimum Gasteiger partial charge on any atom is -0.344 e. The van der Waals surface area contributed by atoms with Gasteiger partial charge in [0.25, 0.3) is 0 Å². The van der Waals surface area contributed by atoms with E-state index >= 15 is 0 Å². The van der Waals surface area contributed by atoms with E-state index in [1.807, 2.05) is 11.9 Å².